The number of carbonyl (C=O) groups excluding carboxylic acids is 3. The lowest BCUT2D eigenvalue weighted by Gasteiger charge is -2.53. The number of carbonyl (C=O) groups is 3. The van der Waals surface area contributed by atoms with E-state index in [1.165, 1.54) is 11.3 Å². The quantitative estimate of drug-likeness (QED) is 0.179. The zero-order valence-electron chi connectivity index (χ0n) is 28.6. The minimum atomic E-state index is -0.291. The Kier molecular flexibility index (Phi) is 9.33. The molecule has 0 atom stereocenters. The second kappa shape index (κ2) is 13.9. The zero-order chi connectivity index (χ0) is 36.1. The van der Waals surface area contributed by atoms with Gasteiger partial charge in [0.15, 0.2) is 0 Å². The van der Waals surface area contributed by atoms with Gasteiger partial charge in [0.25, 0.3) is 17.7 Å². The number of ether oxygens (including phenoxy) is 1. The molecule has 0 saturated carbocycles. The molecule has 3 aliphatic rings. The van der Waals surface area contributed by atoms with Crippen LogP contribution in [0, 0.1) is 19.3 Å². The lowest BCUT2D eigenvalue weighted by Crippen LogP contribution is -2.59. The van der Waals surface area contributed by atoms with Crippen molar-refractivity contribution in [2.75, 3.05) is 53.3 Å². The van der Waals surface area contributed by atoms with E-state index in [0.717, 1.165) is 70.6 Å². The molecule has 6 heterocycles. The van der Waals surface area contributed by atoms with Crippen molar-refractivity contribution in [1.82, 2.24) is 4.98 Å². The number of fused-ring (bicyclic) bond motifs is 3. The summed E-state index contributed by atoms with van der Waals surface area (Å²) in [5.74, 6) is 0.0352. The summed E-state index contributed by atoms with van der Waals surface area (Å²) >= 11 is 15.5. The minimum absolute atomic E-state index is 0.132. The Balaban J connectivity index is 0.976. The van der Waals surface area contributed by atoms with Gasteiger partial charge >= 0.3 is 0 Å². The third kappa shape index (κ3) is 6.60. The highest BCUT2D eigenvalue weighted by atomic mass is 35.5. The average Bonchev–Trinajstić information content (AvgIpc) is 3.69. The summed E-state index contributed by atoms with van der Waals surface area (Å²) < 4.78 is 5.57. The summed E-state index contributed by atoms with van der Waals surface area (Å²) in [6.45, 7) is 7.69. The standard InChI is InChI=1S/C39H35Cl2N5O4S2/c1-22-16-28(34(42-19-22)45-20-39(21-45)11-14-50-15-12-39)35(47)43-26-8-6-24(7-9-26)37(49)46-13-10-25-18-31(52-33(25)27-17-23(2)51-38(27)46)36(48)44-32-29(40)4-3-5-30(32)41/h3-9,16-19H,10-15,20-21H2,1-2H3,(H,43,47)(H,44,48). The van der Waals surface area contributed by atoms with E-state index in [9.17, 15) is 14.4 Å². The Labute approximate surface area is 319 Å². The number of para-hydroxylation sites is 1. The molecule has 1 spiro atoms. The topological polar surface area (TPSA) is 104 Å². The van der Waals surface area contributed by atoms with Gasteiger partial charge < -0.3 is 20.3 Å². The average molecular weight is 773 g/mol. The lowest BCUT2D eigenvalue weighted by atomic mass is 9.73. The highest BCUT2D eigenvalue weighted by Gasteiger charge is 2.45. The zero-order valence-corrected chi connectivity index (χ0v) is 31.7. The van der Waals surface area contributed by atoms with Crippen LogP contribution in [0.2, 0.25) is 10.0 Å². The summed E-state index contributed by atoms with van der Waals surface area (Å²) in [5.41, 5.74) is 5.10. The predicted molar refractivity (Wildman–Crippen MR) is 210 cm³/mol. The van der Waals surface area contributed by atoms with Gasteiger partial charge in [-0.3, -0.25) is 19.3 Å². The first-order chi connectivity index (χ1) is 25.1. The van der Waals surface area contributed by atoms with E-state index in [-0.39, 0.29) is 23.1 Å². The van der Waals surface area contributed by atoms with Gasteiger partial charge in [-0.25, -0.2) is 4.98 Å². The first kappa shape index (κ1) is 34.8. The van der Waals surface area contributed by atoms with Crippen molar-refractivity contribution in [3.8, 4) is 10.4 Å². The fraction of sp³-hybridized carbons (Fsp3) is 0.282. The van der Waals surface area contributed by atoms with Crippen LogP contribution in [0.25, 0.3) is 10.4 Å². The van der Waals surface area contributed by atoms with Crippen LogP contribution in [0.3, 0.4) is 0 Å². The lowest BCUT2D eigenvalue weighted by molar-refractivity contribution is -0.000511. The van der Waals surface area contributed by atoms with E-state index >= 15 is 0 Å². The molecular formula is C39H35Cl2N5O4S2. The van der Waals surface area contributed by atoms with Gasteiger partial charge in [0.05, 0.1) is 26.2 Å². The van der Waals surface area contributed by atoms with Crippen molar-refractivity contribution < 1.29 is 19.1 Å². The molecule has 2 fully saturated rings. The van der Waals surface area contributed by atoms with Gasteiger partial charge in [-0.2, -0.15) is 0 Å². The second-order valence-corrected chi connectivity index (χ2v) is 16.8. The highest BCUT2D eigenvalue weighted by Crippen LogP contribution is 2.47. The first-order valence-corrected chi connectivity index (χ1v) is 19.5. The molecule has 52 heavy (non-hydrogen) atoms. The van der Waals surface area contributed by atoms with Crippen molar-refractivity contribution in [2.24, 2.45) is 5.41 Å². The Bertz CT molecular complexity index is 2200. The van der Waals surface area contributed by atoms with Crippen molar-refractivity contribution in [1.29, 1.82) is 0 Å². The second-order valence-electron chi connectivity index (χ2n) is 13.7. The molecule has 0 aliphatic carbocycles. The molecule has 0 unspecified atom stereocenters. The molecule has 13 heteroatoms. The molecule has 8 rings (SSSR count). The third-order valence-corrected chi connectivity index (χ3v) is 12.9. The number of nitrogens with zero attached hydrogens (tertiary/aromatic N) is 3. The molecule has 0 bridgehead atoms. The van der Waals surface area contributed by atoms with Gasteiger partial charge in [0, 0.05) is 71.0 Å². The Hall–Kier alpha value is -4.26. The Morgan fingerprint density at radius 1 is 0.904 bits per heavy atom. The van der Waals surface area contributed by atoms with E-state index in [1.807, 2.05) is 30.9 Å². The van der Waals surface area contributed by atoms with Crippen LogP contribution in [-0.2, 0) is 11.2 Å². The molecule has 5 aromatic rings. The largest absolute Gasteiger partial charge is 0.381 e. The van der Waals surface area contributed by atoms with Crippen LogP contribution in [-0.4, -0.2) is 55.6 Å². The van der Waals surface area contributed by atoms with Crippen LogP contribution < -0.4 is 20.4 Å². The van der Waals surface area contributed by atoms with Crippen LogP contribution in [0.1, 0.15) is 59.2 Å². The number of hydrogen-bond donors (Lipinski definition) is 2. The van der Waals surface area contributed by atoms with Gasteiger partial charge in [0.2, 0.25) is 0 Å². The van der Waals surface area contributed by atoms with Gasteiger partial charge in [-0.1, -0.05) is 29.3 Å². The monoisotopic (exact) mass is 771 g/mol. The maximum Gasteiger partial charge on any atom is 0.265 e. The Morgan fingerprint density at radius 2 is 1.63 bits per heavy atom. The van der Waals surface area contributed by atoms with Gasteiger partial charge in [-0.05, 0) is 98.8 Å². The summed E-state index contributed by atoms with van der Waals surface area (Å²) in [4.78, 5) is 52.2. The number of benzene rings is 2. The van der Waals surface area contributed by atoms with E-state index in [1.54, 1.807) is 60.0 Å². The number of aromatic nitrogens is 1. The number of hydrogen-bond acceptors (Lipinski definition) is 8. The van der Waals surface area contributed by atoms with Crippen molar-refractivity contribution in [2.45, 2.75) is 33.1 Å². The molecular weight excluding hydrogens is 738 g/mol. The fourth-order valence-electron chi connectivity index (χ4n) is 7.20. The fourth-order valence-corrected chi connectivity index (χ4v) is 9.92. The summed E-state index contributed by atoms with van der Waals surface area (Å²) in [7, 11) is 0. The van der Waals surface area contributed by atoms with Crippen LogP contribution >= 0.6 is 45.9 Å². The smallest absolute Gasteiger partial charge is 0.265 e. The molecule has 3 aliphatic heterocycles. The number of anilines is 4. The highest BCUT2D eigenvalue weighted by molar-refractivity contribution is 7.20. The number of nitrogens with one attached hydrogen (secondary N) is 2. The maximum atomic E-state index is 14.1. The molecule has 2 saturated heterocycles. The summed E-state index contributed by atoms with van der Waals surface area (Å²) in [6, 6.07) is 18.0. The van der Waals surface area contributed by atoms with Crippen LogP contribution in [0.5, 0.6) is 0 Å². The normalized spacial score (nSPS) is 16.1. The van der Waals surface area contributed by atoms with Crippen molar-refractivity contribution in [3.63, 3.8) is 0 Å². The van der Waals surface area contributed by atoms with E-state index in [0.29, 0.717) is 56.2 Å². The molecule has 3 amide bonds. The van der Waals surface area contributed by atoms with Crippen molar-refractivity contribution in [3.05, 3.63) is 109 Å². The maximum absolute atomic E-state index is 14.1. The van der Waals surface area contributed by atoms with Crippen LogP contribution in [0.15, 0.2) is 66.9 Å². The molecule has 2 N–H and O–H groups in total. The van der Waals surface area contributed by atoms with Crippen LogP contribution in [0.4, 0.5) is 22.2 Å². The number of thiophene rings is 2. The SMILES string of the molecule is Cc1cnc(N2CC3(CCOCC3)C2)c(C(=O)Nc2ccc(C(=O)N3CCc4cc(C(=O)Nc5c(Cl)cccc5Cl)sc4-c4cc(C)sc43)cc2)c1. The van der Waals surface area contributed by atoms with E-state index in [2.05, 4.69) is 26.6 Å². The molecule has 3 aromatic heterocycles. The third-order valence-electron chi connectivity index (χ3n) is 9.95. The summed E-state index contributed by atoms with van der Waals surface area (Å²) in [6.07, 6.45) is 4.44. The molecule has 2 aromatic carbocycles. The summed E-state index contributed by atoms with van der Waals surface area (Å²) in [5, 5.41) is 7.45. The number of halogens is 2. The first-order valence-electron chi connectivity index (χ1n) is 17.1. The number of pyridine rings is 1. The Morgan fingerprint density at radius 3 is 2.37 bits per heavy atom. The van der Waals surface area contributed by atoms with E-state index in [4.69, 9.17) is 27.9 Å². The number of aryl methyl sites for hydroxylation is 2. The van der Waals surface area contributed by atoms with Crippen molar-refractivity contribution >= 4 is 85.8 Å². The number of rotatable bonds is 6. The number of amides is 3. The van der Waals surface area contributed by atoms with E-state index < -0.39 is 0 Å². The molecule has 0 radical (unpaired) electrons. The predicted octanol–water partition coefficient (Wildman–Crippen LogP) is 9.12. The van der Waals surface area contributed by atoms with Gasteiger partial charge in [-0.15, -0.1) is 22.7 Å². The molecule has 9 nitrogen and oxygen atoms in total. The van der Waals surface area contributed by atoms with Gasteiger partial charge in [0.1, 0.15) is 10.8 Å². The minimum Gasteiger partial charge on any atom is -0.381 e. The molecule has 266 valence electrons.